The highest BCUT2D eigenvalue weighted by Crippen LogP contribution is 2.43. The molecule has 0 rings (SSSR count). The number of ketones is 2. The lowest BCUT2D eigenvalue weighted by molar-refractivity contribution is -0.140. The first-order valence-corrected chi connectivity index (χ1v) is 15.6. The zero-order chi connectivity index (χ0) is 29.8. The molecule has 1 atom stereocenters. The third kappa shape index (κ3) is 16.2. The predicted molar refractivity (Wildman–Crippen MR) is 164 cm³/mol. The summed E-state index contributed by atoms with van der Waals surface area (Å²) in [4.78, 5) is 40.7. The second-order valence-corrected chi connectivity index (χ2v) is 16.9. The molecule has 0 fully saturated rings. The molecule has 0 N–H and O–H groups in total. The molecule has 0 aromatic carbocycles. The number of carbonyl (C=O) groups excluding carboxylic acids is 3. The van der Waals surface area contributed by atoms with Gasteiger partial charge < -0.3 is 0 Å². The number of hydrogen-bond acceptors (Lipinski definition) is 3. The van der Waals surface area contributed by atoms with Crippen molar-refractivity contribution in [3.05, 3.63) is 0 Å². The van der Waals surface area contributed by atoms with Crippen molar-refractivity contribution in [1.29, 1.82) is 0 Å². The Morgan fingerprint density at radius 1 is 0.526 bits per heavy atom. The summed E-state index contributed by atoms with van der Waals surface area (Å²) in [6.07, 6.45) is 13.8. The van der Waals surface area contributed by atoms with Crippen LogP contribution in [0.3, 0.4) is 0 Å². The van der Waals surface area contributed by atoms with Crippen LogP contribution in [0, 0.1) is 33.0 Å². The Bertz CT molecular complexity index is 667. The maximum Gasteiger partial charge on any atom is 0.221 e. The summed E-state index contributed by atoms with van der Waals surface area (Å²) < 4.78 is 0. The van der Waals surface area contributed by atoms with Crippen LogP contribution in [0.4, 0.5) is 0 Å². The maximum atomic E-state index is 13.9. The molecule has 0 saturated carbocycles. The minimum Gasteiger partial charge on any atom is -0.298 e. The van der Waals surface area contributed by atoms with Crippen LogP contribution in [0.25, 0.3) is 0 Å². The summed E-state index contributed by atoms with van der Waals surface area (Å²) in [6.45, 7) is 26.5. The molecule has 1 radical (unpaired) electrons. The van der Waals surface area contributed by atoms with E-state index < -0.39 is 5.41 Å². The highest BCUT2D eigenvalue weighted by molar-refractivity contribution is 6.19. The van der Waals surface area contributed by atoms with Crippen LogP contribution < -0.4 is 0 Å². The normalized spacial score (nSPS) is 14.4. The van der Waals surface area contributed by atoms with E-state index in [0.717, 1.165) is 70.6 Å². The fraction of sp³-hybridized carbons (Fsp3) is 0.914. The van der Waals surface area contributed by atoms with Crippen molar-refractivity contribution < 1.29 is 14.4 Å². The van der Waals surface area contributed by atoms with Crippen LogP contribution in [0.1, 0.15) is 173 Å². The van der Waals surface area contributed by atoms with Crippen molar-refractivity contribution in [2.24, 2.45) is 33.0 Å². The quantitative estimate of drug-likeness (QED) is 0.130. The van der Waals surface area contributed by atoms with Gasteiger partial charge in [-0.3, -0.25) is 14.4 Å². The van der Waals surface area contributed by atoms with Crippen molar-refractivity contribution in [3.8, 4) is 0 Å². The monoisotopic (exact) mass is 533 g/mol. The summed E-state index contributed by atoms with van der Waals surface area (Å²) in [5.74, 6) is -0.632. The summed E-state index contributed by atoms with van der Waals surface area (Å²) in [6, 6.07) is 0. The van der Waals surface area contributed by atoms with Crippen molar-refractivity contribution in [2.75, 3.05) is 0 Å². The smallest absolute Gasteiger partial charge is 0.221 e. The molecular weight excluding hydrogens is 468 g/mol. The van der Waals surface area contributed by atoms with Gasteiger partial charge in [-0.2, -0.15) is 0 Å². The number of unbranched alkanes of at least 4 members (excludes halogenated alkanes) is 4. The molecule has 38 heavy (non-hydrogen) atoms. The van der Waals surface area contributed by atoms with Gasteiger partial charge >= 0.3 is 0 Å². The van der Waals surface area contributed by atoms with Gasteiger partial charge in [0.25, 0.3) is 0 Å². The molecule has 0 spiro atoms. The molecule has 0 aromatic heterocycles. The van der Waals surface area contributed by atoms with E-state index in [9.17, 15) is 14.4 Å². The van der Waals surface area contributed by atoms with Crippen molar-refractivity contribution >= 4 is 17.9 Å². The Balaban J connectivity index is 5.86. The van der Waals surface area contributed by atoms with Gasteiger partial charge in [0.2, 0.25) is 6.29 Å². The van der Waals surface area contributed by atoms with Crippen molar-refractivity contribution in [1.82, 2.24) is 0 Å². The van der Waals surface area contributed by atoms with Gasteiger partial charge in [0.05, 0.1) is 0 Å². The van der Waals surface area contributed by atoms with Crippen molar-refractivity contribution in [2.45, 2.75) is 173 Å². The third-order valence-electron chi connectivity index (χ3n) is 7.65. The molecule has 0 aliphatic heterocycles. The molecule has 3 heteroatoms. The van der Waals surface area contributed by atoms with Gasteiger partial charge in [-0.05, 0) is 72.5 Å². The molecule has 223 valence electrons. The van der Waals surface area contributed by atoms with Crippen LogP contribution in [0.15, 0.2) is 0 Å². The first-order chi connectivity index (χ1) is 17.1. The molecule has 0 aliphatic carbocycles. The van der Waals surface area contributed by atoms with Crippen LogP contribution in [0.5, 0.6) is 0 Å². The SMILES string of the molecule is CC(C)(C)CCCCCC(=O)C([C]=O)(C(=O)CCCCCC(C)(C)C)C(CCCC(C)(C)C)CC(C)(C)C. The minimum atomic E-state index is -1.61. The van der Waals surface area contributed by atoms with E-state index in [1.807, 2.05) is 0 Å². The summed E-state index contributed by atoms with van der Waals surface area (Å²) in [5.41, 5.74) is -0.974. The molecule has 1 unspecified atom stereocenters. The van der Waals surface area contributed by atoms with Gasteiger partial charge in [0.1, 0.15) is 0 Å². The van der Waals surface area contributed by atoms with E-state index in [1.54, 1.807) is 0 Å². The van der Waals surface area contributed by atoms with Gasteiger partial charge in [0, 0.05) is 12.8 Å². The fourth-order valence-electron chi connectivity index (χ4n) is 5.53. The van der Waals surface area contributed by atoms with Crippen LogP contribution in [0.2, 0.25) is 0 Å². The molecule has 0 aromatic rings. The van der Waals surface area contributed by atoms with E-state index in [2.05, 4.69) is 89.4 Å². The average Bonchev–Trinajstić information content (AvgIpc) is 2.70. The molecule has 0 bridgehead atoms. The van der Waals surface area contributed by atoms with E-state index in [0.29, 0.717) is 19.3 Å². The fourth-order valence-corrected chi connectivity index (χ4v) is 5.53. The Hall–Kier alpha value is -0.990. The molecule has 0 saturated heterocycles. The standard InChI is InChI=1S/C35H65O3/c1-31(2,3)23-17-13-15-21-29(37)35(27-36,30(38)22-16-14-18-24-32(4,5)6)28(26-34(10,11)12)20-19-25-33(7,8)9/h28H,13-26H2,1-12H3. The largest absolute Gasteiger partial charge is 0.298 e. The molecule has 3 nitrogen and oxygen atoms in total. The van der Waals surface area contributed by atoms with Crippen LogP contribution >= 0.6 is 0 Å². The Morgan fingerprint density at radius 3 is 1.21 bits per heavy atom. The Morgan fingerprint density at radius 2 is 0.895 bits per heavy atom. The highest BCUT2D eigenvalue weighted by atomic mass is 16.2. The van der Waals surface area contributed by atoms with E-state index in [1.165, 1.54) is 0 Å². The van der Waals surface area contributed by atoms with Gasteiger partial charge in [-0.15, -0.1) is 0 Å². The second kappa shape index (κ2) is 15.7. The first-order valence-electron chi connectivity index (χ1n) is 15.6. The van der Waals surface area contributed by atoms with Gasteiger partial charge in [-0.1, -0.05) is 115 Å². The highest BCUT2D eigenvalue weighted by Gasteiger charge is 2.51. The summed E-state index contributed by atoms with van der Waals surface area (Å²) >= 11 is 0. The zero-order valence-corrected chi connectivity index (χ0v) is 27.7. The van der Waals surface area contributed by atoms with Crippen LogP contribution in [-0.2, 0) is 14.4 Å². The second-order valence-electron chi connectivity index (χ2n) is 16.9. The minimum absolute atomic E-state index is 0.0888. The maximum absolute atomic E-state index is 13.9. The first kappa shape index (κ1) is 37.0. The number of rotatable bonds is 18. The molecule has 0 aliphatic rings. The Labute approximate surface area is 238 Å². The molecule has 0 amide bonds. The summed E-state index contributed by atoms with van der Waals surface area (Å²) in [5, 5.41) is 0. The molecule has 0 heterocycles. The Kier molecular flexibility index (Phi) is 15.3. The lowest BCUT2D eigenvalue weighted by atomic mass is 9.62. The lowest BCUT2D eigenvalue weighted by Gasteiger charge is -2.37. The van der Waals surface area contributed by atoms with E-state index in [-0.39, 0.29) is 39.1 Å². The summed E-state index contributed by atoms with van der Waals surface area (Å²) in [7, 11) is 0. The number of hydrogen-bond donors (Lipinski definition) is 0. The van der Waals surface area contributed by atoms with Gasteiger partial charge in [0.15, 0.2) is 17.0 Å². The zero-order valence-electron chi connectivity index (χ0n) is 27.7. The van der Waals surface area contributed by atoms with E-state index in [4.69, 9.17) is 0 Å². The lowest BCUT2D eigenvalue weighted by Crippen LogP contribution is -2.48. The number of carbonyl (C=O) groups is 2. The third-order valence-corrected chi connectivity index (χ3v) is 7.65. The average molecular weight is 534 g/mol. The molecular formula is C35H65O3. The predicted octanol–water partition coefficient (Wildman–Crippen LogP) is 10.5. The topological polar surface area (TPSA) is 51.2 Å². The van der Waals surface area contributed by atoms with Gasteiger partial charge in [-0.25, -0.2) is 0 Å². The van der Waals surface area contributed by atoms with Crippen LogP contribution in [-0.4, -0.2) is 17.9 Å². The van der Waals surface area contributed by atoms with E-state index >= 15 is 0 Å². The number of Topliss-reactive ketones (excluding diaryl/α,β-unsaturated/α-hetero) is 2. The van der Waals surface area contributed by atoms with Crippen molar-refractivity contribution in [3.63, 3.8) is 0 Å².